The molecule has 0 radical (unpaired) electrons. The first kappa shape index (κ1) is 31.4. The van der Waals surface area contributed by atoms with E-state index in [0.29, 0.717) is 0 Å². The summed E-state index contributed by atoms with van der Waals surface area (Å²) < 4.78 is 22.7. The highest BCUT2D eigenvalue weighted by Crippen LogP contribution is 2.32. The third kappa shape index (κ3) is 6.60. The van der Waals surface area contributed by atoms with Crippen LogP contribution < -0.4 is 28.3 Å². The molecule has 0 aromatic heterocycles. The smallest absolute Gasteiger partial charge is 0.249 e. The molecule has 17 nitrogen and oxygen atoms in total. The van der Waals surface area contributed by atoms with Crippen LogP contribution in [0.2, 0.25) is 0 Å². The number of aliphatic hydroxyl groups excluding tert-OH is 7. The number of aliphatic hydroxyl groups is 7. The first-order chi connectivity index (χ1) is 17.9. The monoisotopic (exact) mass is 555 g/mol. The number of carbonyl (C=O) groups excluding carboxylic acids is 1. The van der Waals surface area contributed by atoms with E-state index in [1.54, 1.807) is 0 Å². The first-order valence-electron chi connectivity index (χ1n) is 12.5. The Morgan fingerprint density at radius 3 is 2.08 bits per heavy atom. The molecule has 0 bridgehead atoms. The van der Waals surface area contributed by atoms with Gasteiger partial charge in [-0.2, -0.15) is 0 Å². The van der Waals surface area contributed by atoms with Gasteiger partial charge < -0.3 is 82.9 Å². The van der Waals surface area contributed by atoms with Gasteiger partial charge in [0.1, 0.15) is 61.0 Å². The number of amides is 1. The molecule has 3 aliphatic rings. The molecule has 1 saturated carbocycles. The zero-order chi connectivity index (χ0) is 28.3. The third-order valence-electron chi connectivity index (χ3n) is 7.15. The van der Waals surface area contributed by atoms with E-state index in [2.05, 4.69) is 5.32 Å². The number of hydrogen-bond acceptors (Lipinski definition) is 16. The quantitative estimate of drug-likeness (QED) is 0.119. The summed E-state index contributed by atoms with van der Waals surface area (Å²) in [6.07, 6.45) is -16.9. The second-order valence-corrected chi connectivity index (χ2v) is 9.84. The van der Waals surface area contributed by atoms with Crippen LogP contribution in [0.15, 0.2) is 0 Å². The summed E-state index contributed by atoms with van der Waals surface area (Å²) in [5.41, 5.74) is 23.3. The molecule has 15 atom stereocenters. The highest BCUT2D eigenvalue weighted by atomic mass is 16.7. The van der Waals surface area contributed by atoms with Crippen molar-refractivity contribution in [2.45, 2.75) is 105 Å². The van der Waals surface area contributed by atoms with Gasteiger partial charge in [0.05, 0.1) is 18.7 Å². The molecule has 0 aromatic carbocycles. The molecule has 0 spiro atoms. The average molecular weight is 556 g/mol. The topological polar surface area (TPSA) is 312 Å². The van der Waals surface area contributed by atoms with Gasteiger partial charge in [-0.05, 0) is 19.4 Å². The summed E-state index contributed by atoms with van der Waals surface area (Å²) >= 11 is 0. The molecule has 3 fully saturated rings. The summed E-state index contributed by atoms with van der Waals surface area (Å²) in [6, 6.07) is -3.29. The van der Waals surface area contributed by atoms with Gasteiger partial charge in [-0.15, -0.1) is 0 Å². The lowest BCUT2D eigenvalue weighted by Gasteiger charge is -2.48. The second kappa shape index (κ2) is 13.5. The van der Waals surface area contributed by atoms with E-state index in [0.717, 1.165) is 0 Å². The fourth-order valence-electron chi connectivity index (χ4n) is 4.84. The van der Waals surface area contributed by atoms with Crippen molar-refractivity contribution in [1.82, 2.24) is 5.32 Å². The van der Waals surface area contributed by atoms with Gasteiger partial charge in [-0.3, -0.25) is 4.79 Å². The van der Waals surface area contributed by atoms with Gasteiger partial charge >= 0.3 is 0 Å². The molecule has 2 aliphatic heterocycles. The summed E-state index contributed by atoms with van der Waals surface area (Å²) in [5.74, 6) is -0.807. The van der Waals surface area contributed by atoms with Crippen molar-refractivity contribution in [2.75, 3.05) is 19.7 Å². The van der Waals surface area contributed by atoms with Crippen molar-refractivity contribution < 1.29 is 59.5 Å². The highest BCUT2D eigenvalue weighted by molar-refractivity contribution is 5.80. The minimum atomic E-state index is -1.62. The van der Waals surface area contributed by atoms with Crippen molar-refractivity contribution >= 4 is 5.91 Å². The first-order valence-corrected chi connectivity index (χ1v) is 12.5. The van der Waals surface area contributed by atoms with E-state index < -0.39 is 104 Å². The standard InChI is InChI=1S/C21H41N5O12/c22-2-1-8(28)19(34)26-7-3-6(24)17(37-20-11(25)15(32)13(30)9(4-23)35-20)18(12(7)29)38-21-16(33)14(31)10(5-27)36-21/h6-18,20-21,27-33H,1-5,22-25H2,(H,26,34)/t6-,7+,8+,9+,10+,11+,12-,13+,14-,15+,16+,17+,18+,20+,21-/m0/s1. The Morgan fingerprint density at radius 2 is 1.50 bits per heavy atom. The Morgan fingerprint density at radius 1 is 0.895 bits per heavy atom. The predicted octanol–water partition coefficient (Wildman–Crippen LogP) is -7.79. The van der Waals surface area contributed by atoms with Crippen LogP contribution >= 0.6 is 0 Å². The van der Waals surface area contributed by atoms with Crippen LogP contribution in [0.4, 0.5) is 0 Å². The molecular formula is C21H41N5O12. The number of nitrogens with two attached hydrogens (primary N) is 4. The maximum absolute atomic E-state index is 12.4. The minimum absolute atomic E-state index is 0.0255. The predicted molar refractivity (Wildman–Crippen MR) is 125 cm³/mol. The Bertz CT molecular complexity index is 770. The number of nitrogens with one attached hydrogen (secondary N) is 1. The highest BCUT2D eigenvalue weighted by Gasteiger charge is 2.53. The maximum atomic E-state index is 12.4. The Balaban J connectivity index is 1.84. The summed E-state index contributed by atoms with van der Waals surface area (Å²) in [5, 5.41) is 74.0. The van der Waals surface area contributed by atoms with Gasteiger partial charge in [-0.25, -0.2) is 0 Å². The van der Waals surface area contributed by atoms with E-state index in [1.807, 2.05) is 0 Å². The number of hydrogen-bond donors (Lipinski definition) is 12. The van der Waals surface area contributed by atoms with E-state index in [1.165, 1.54) is 0 Å². The van der Waals surface area contributed by atoms with Crippen LogP contribution in [0.25, 0.3) is 0 Å². The largest absolute Gasteiger partial charge is 0.394 e. The lowest BCUT2D eigenvalue weighted by atomic mass is 9.83. The van der Waals surface area contributed by atoms with Crippen LogP contribution in [-0.4, -0.2) is 153 Å². The Kier molecular flexibility index (Phi) is 11.1. The van der Waals surface area contributed by atoms with E-state index in [4.69, 9.17) is 41.9 Å². The van der Waals surface area contributed by atoms with Gasteiger partial charge in [0.2, 0.25) is 5.91 Å². The maximum Gasteiger partial charge on any atom is 0.249 e. The molecule has 3 rings (SSSR count). The van der Waals surface area contributed by atoms with Gasteiger partial charge in [0.15, 0.2) is 12.6 Å². The minimum Gasteiger partial charge on any atom is -0.394 e. The van der Waals surface area contributed by atoms with Crippen LogP contribution in [0.5, 0.6) is 0 Å². The molecule has 222 valence electrons. The van der Waals surface area contributed by atoms with Gasteiger partial charge in [0, 0.05) is 12.6 Å². The SMILES string of the molecule is NCC[C@@H](O)C(=O)N[C@@H]1C[C@H](N)[C@@H](O[C@H]2O[C@H](CN)[C@@H](O)[C@H](O)[C@H]2N)[C@H](O[C@@H]2O[C@H](CO)[C@H](O)[C@H]2O)[C@H]1O. The molecule has 0 aromatic rings. The van der Waals surface area contributed by atoms with E-state index in [-0.39, 0.29) is 25.9 Å². The molecular weight excluding hydrogens is 514 g/mol. The number of carbonyl (C=O) groups is 1. The average Bonchev–Trinajstić information content (AvgIpc) is 3.16. The Labute approximate surface area is 218 Å². The van der Waals surface area contributed by atoms with E-state index in [9.17, 15) is 40.5 Å². The second-order valence-electron chi connectivity index (χ2n) is 9.84. The summed E-state index contributed by atoms with van der Waals surface area (Å²) in [7, 11) is 0. The molecule has 38 heavy (non-hydrogen) atoms. The fourth-order valence-corrected chi connectivity index (χ4v) is 4.84. The lowest BCUT2D eigenvalue weighted by Crippen LogP contribution is -2.69. The molecule has 1 aliphatic carbocycles. The van der Waals surface area contributed by atoms with Crippen molar-refractivity contribution in [3.63, 3.8) is 0 Å². The van der Waals surface area contributed by atoms with Crippen molar-refractivity contribution in [2.24, 2.45) is 22.9 Å². The van der Waals surface area contributed by atoms with Crippen LogP contribution in [0, 0.1) is 0 Å². The van der Waals surface area contributed by atoms with Crippen LogP contribution in [0.3, 0.4) is 0 Å². The molecule has 2 saturated heterocycles. The zero-order valence-corrected chi connectivity index (χ0v) is 20.7. The fraction of sp³-hybridized carbons (Fsp3) is 0.952. The Hall–Kier alpha value is -1.13. The normalized spacial score (nSPS) is 46.6. The van der Waals surface area contributed by atoms with E-state index >= 15 is 0 Å². The number of rotatable bonds is 10. The van der Waals surface area contributed by atoms with Crippen LogP contribution in [0.1, 0.15) is 12.8 Å². The molecule has 1 amide bonds. The molecule has 0 unspecified atom stereocenters. The van der Waals surface area contributed by atoms with Crippen molar-refractivity contribution in [1.29, 1.82) is 0 Å². The van der Waals surface area contributed by atoms with Gasteiger partial charge in [-0.1, -0.05) is 0 Å². The van der Waals surface area contributed by atoms with Crippen LogP contribution in [-0.2, 0) is 23.7 Å². The molecule has 2 heterocycles. The van der Waals surface area contributed by atoms with Crippen molar-refractivity contribution in [3.8, 4) is 0 Å². The third-order valence-corrected chi connectivity index (χ3v) is 7.15. The van der Waals surface area contributed by atoms with Gasteiger partial charge in [0.25, 0.3) is 0 Å². The molecule has 16 N–H and O–H groups in total. The van der Waals surface area contributed by atoms with Crippen molar-refractivity contribution in [3.05, 3.63) is 0 Å². The summed E-state index contributed by atoms with van der Waals surface area (Å²) in [4.78, 5) is 12.4. The zero-order valence-electron chi connectivity index (χ0n) is 20.7. The number of ether oxygens (including phenoxy) is 4. The summed E-state index contributed by atoms with van der Waals surface area (Å²) in [6.45, 7) is -0.764. The lowest BCUT2D eigenvalue weighted by molar-refractivity contribution is -0.307. The molecule has 17 heteroatoms.